The second-order valence-electron chi connectivity index (χ2n) is 6.59. The van der Waals surface area contributed by atoms with Crippen LogP contribution in [0.4, 0.5) is 22.7 Å². The zero-order valence-electron chi connectivity index (χ0n) is 16.2. The number of nitrogens with one attached hydrogen (secondary N) is 1. The third kappa shape index (κ3) is 3.74. The molecule has 1 aliphatic rings. The summed E-state index contributed by atoms with van der Waals surface area (Å²) in [6.45, 7) is 0.839. The lowest BCUT2D eigenvalue weighted by atomic mass is 10.1. The Morgan fingerprint density at radius 2 is 1.70 bits per heavy atom. The zero-order valence-corrected chi connectivity index (χ0v) is 17.0. The average molecular weight is 421 g/mol. The van der Waals surface area contributed by atoms with E-state index in [2.05, 4.69) is 5.32 Å². The molecule has 0 fully saturated rings. The van der Waals surface area contributed by atoms with Gasteiger partial charge in [-0.15, -0.1) is 0 Å². The third-order valence-electron chi connectivity index (χ3n) is 4.70. The Morgan fingerprint density at radius 1 is 1.07 bits per heavy atom. The van der Waals surface area contributed by atoms with E-state index < -0.39 is 4.92 Å². The topological polar surface area (TPSA) is 84.7 Å². The number of hydrogen-bond acceptors (Lipinski definition) is 6. The highest BCUT2D eigenvalue weighted by Crippen LogP contribution is 2.48. The van der Waals surface area contributed by atoms with Gasteiger partial charge in [0.1, 0.15) is 5.69 Å². The Balaban J connectivity index is 1.75. The van der Waals surface area contributed by atoms with Crippen molar-refractivity contribution in [3.63, 3.8) is 0 Å². The normalized spacial score (nSPS) is 12.1. The number of rotatable bonds is 6. The molecule has 0 saturated carbocycles. The van der Waals surface area contributed by atoms with Crippen molar-refractivity contribution < 1.29 is 14.5 Å². The van der Waals surface area contributed by atoms with E-state index in [9.17, 15) is 14.9 Å². The fourth-order valence-corrected chi connectivity index (χ4v) is 4.36. The fourth-order valence-electron chi connectivity index (χ4n) is 3.31. The van der Waals surface area contributed by atoms with E-state index >= 15 is 0 Å². The minimum Gasteiger partial charge on any atom is -0.383 e. The summed E-state index contributed by atoms with van der Waals surface area (Å²) < 4.78 is 4.98. The Morgan fingerprint density at radius 3 is 2.30 bits per heavy atom. The maximum absolute atomic E-state index is 13.5. The molecule has 4 rings (SSSR count). The van der Waals surface area contributed by atoms with Crippen LogP contribution in [0, 0.1) is 10.1 Å². The van der Waals surface area contributed by atoms with E-state index in [-0.39, 0.29) is 17.2 Å². The molecule has 0 unspecified atom stereocenters. The first-order valence-electron chi connectivity index (χ1n) is 9.32. The van der Waals surface area contributed by atoms with E-state index in [0.717, 1.165) is 21.2 Å². The first-order valence-corrected chi connectivity index (χ1v) is 10.1. The summed E-state index contributed by atoms with van der Waals surface area (Å²) in [5, 5.41) is 14.6. The van der Waals surface area contributed by atoms with Crippen LogP contribution in [-0.2, 0) is 4.74 Å². The Kier molecular flexibility index (Phi) is 5.69. The van der Waals surface area contributed by atoms with E-state index in [0.29, 0.717) is 18.8 Å². The number of ether oxygens (including phenoxy) is 1. The van der Waals surface area contributed by atoms with Crippen molar-refractivity contribution in [3.05, 3.63) is 82.4 Å². The predicted octanol–water partition coefficient (Wildman–Crippen LogP) is 5.10. The number of carbonyl (C=O) groups excluding carboxylic acids is 1. The summed E-state index contributed by atoms with van der Waals surface area (Å²) in [4.78, 5) is 28.2. The van der Waals surface area contributed by atoms with Crippen molar-refractivity contribution >= 4 is 40.4 Å². The molecule has 0 aromatic heterocycles. The second kappa shape index (κ2) is 8.56. The van der Waals surface area contributed by atoms with E-state index in [1.807, 2.05) is 48.5 Å². The van der Waals surface area contributed by atoms with Gasteiger partial charge in [-0.25, -0.2) is 0 Å². The molecule has 0 atom stereocenters. The van der Waals surface area contributed by atoms with Crippen LogP contribution in [0.3, 0.4) is 0 Å². The van der Waals surface area contributed by atoms with Gasteiger partial charge in [-0.05, 0) is 36.4 Å². The number of nitrogens with zero attached hydrogens (tertiary/aromatic N) is 2. The van der Waals surface area contributed by atoms with Gasteiger partial charge in [0, 0.05) is 35.1 Å². The minimum absolute atomic E-state index is 0.148. The number of hydrogen-bond donors (Lipinski definition) is 1. The molecular weight excluding hydrogens is 402 g/mol. The lowest BCUT2D eigenvalue weighted by Crippen LogP contribution is -2.28. The molecular formula is C22H19N3O4S. The van der Waals surface area contributed by atoms with Gasteiger partial charge >= 0.3 is 0 Å². The van der Waals surface area contributed by atoms with Gasteiger partial charge in [0.15, 0.2) is 0 Å². The number of fused-ring (bicyclic) bond motifs is 2. The van der Waals surface area contributed by atoms with Crippen LogP contribution in [0.15, 0.2) is 76.5 Å². The Hall–Kier alpha value is -3.36. The summed E-state index contributed by atoms with van der Waals surface area (Å²) in [6.07, 6.45) is 0. The quantitative estimate of drug-likeness (QED) is 0.339. The van der Waals surface area contributed by atoms with Crippen molar-refractivity contribution in [1.82, 2.24) is 0 Å². The molecule has 1 N–H and O–H groups in total. The summed E-state index contributed by atoms with van der Waals surface area (Å²) >= 11 is 1.60. The number of anilines is 3. The van der Waals surface area contributed by atoms with E-state index in [1.165, 1.54) is 6.07 Å². The predicted molar refractivity (Wildman–Crippen MR) is 117 cm³/mol. The lowest BCUT2D eigenvalue weighted by Gasteiger charge is -2.31. The van der Waals surface area contributed by atoms with Crippen LogP contribution in [0.25, 0.3) is 0 Å². The highest BCUT2D eigenvalue weighted by atomic mass is 32.2. The molecule has 3 aromatic rings. The summed E-state index contributed by atoms with van der Waals surface area (Å²) in [6, 6.07) is 19.8. The van der Waals surface area contributed by atoms with Crippen LogP contribution in [0.1, 0.15) is 10.4 Å². The SMILES string of the molecule is COCCNc1ccc(C(=O)N2c3ccccc3Sc3ccccc32)cc1[N+](=O)[O-]. The first kappa shape index (κ1) is 19.9. The smallest absolute Gasteiger partial charge is 0.293 e. The average Bonchev–Trinajstić information content (AvgIpc) is 2.77. The second-order valence-corrected chi connectivity index (χ2v) is 7.67. The van der Waals surface area contributed by atoms with Crippen molar-refractivity contribution in [2.45, 2.75) is 9.79 Å². The molecule has 1 amide bonds. The Labute approximate surface area is 177 Å². The molecule has 0 bridgehead atoms. The van der Waals surface area contributed by atoms with Crippen LogP contribution in [0.5, 0.6) is 0 Å². The molecule has 1 heterocycles. The Bertz CT molecular complexity index is 1070. The fraction of sp³-hybridized carbons (Fsp3) is 0.136. The van der Waals surface area contributed by atoms with Crippen molar-refractivity contribution in [2.24, 2.45) is 0 Å². The molecule has 0 spiro atoms. The van der Waals surface area contributed by atoms with Crippen LogP contribution in [-0.4, -0.2) is 31.1 Å². The molecule has 8 heteroatoms. The number of methoxy groups -OCH3 is 1. The number of carbonyl (C=O) groups is 1. The van der Waals surface area contributed by atoms with Gasteiger partial charge in [-0.3, -0.25) is 19.8 Å². The van der Waals surface area contributed by atoms with Crippen molar-refractivity contribution in [3.8, 4) is 0 Å². The van der Waals surface area contributed by atoms with E-state index in [4.69, 9.17) is 4.74 Å². The number of nitro benzene ring substituents is 1. The molecule has 3 aromatic carbocycles. The molecule has 0 radical (unpaired) electrons. The zero-order chi connectivity index (χ0) is 21.1. The van der Waals surface area contributed by atoms with Crippen LogP contribution >= 0.6 is 11.8 Å². The largest absolute Gasteiger partial charge is 0.383 e. The monoisotopic (exact) mass is 421 g/mol. The van der Waals surface area contributed by atoms with Gasteiger partial charge in [0.25, 0.3) is 11.6 Å². The molecule has 0 saturated heterocycles. The van der Waals surface area contributed by atoms with Crippen LogP contribution in [0.2, 0.25) is 0 Å². The van der Waals surface area contributed by atoms with Crippen molar-refractivity contribution in [2.75, 3.05) is 30.5 Å². The van der Waals surface area contributed by atoms with Crippen molar-refractivity contribution in [1.29, 1.82) is 0 Å². The highest BCUT2D eigenvalue weighted by molar-refractivity contribution is 7.99. The van der Waals surface area contributed by atoms with Crippen LogP contribution < -0.4 is 10.2 Å². The molecule has 152 valence electrons. The van der Waals surface area contributed by atoms with Gasteiger partial charge in [-0.2, -0.15) is 0 Å². The van der Waals surface area contributed by atoms with E-state index in [1.54, 1.807) is 35.9 Å². The lowest BCUT2D eigenvalue weighted by molar-refractivity contribution is -0.384. The van der Waals surface area contributed by atoms with Gasteiger partial charge in [0.2, 0.25) is 0 Å². The first-order chi connectivity index (χ1) is 14.6. The number of para-hydroxylation sites is 2. The maximum atomic E-state index is 13.5. The molecule has 0 aliphatic carbocycles. The third-order valence-corrected chi connectivity index (χ3v) is 5.83. The van der Waals surface area contributed by atoms with Gasteiger partial charge < -0.3 is 10.1 Å². The number of nitro groups is 1. The summed E-state index contributed by atoms with van der Waals surface area (Å²) in [7, 11) is 1.56. The highest BCUT2D eigenvalue weighted by Gasteiger charge is 2.29. The summed E-state index contributed by atoms with van der Waals surface area (Å²) in [5.41, 5.74) is 1.97. The van der Waals surface area contributed by atoms with Gasteiger partial charge in [-0.1, -0.05) is 36.0 Å². The standard InChI is InChI=1S/C22H19N3O4S/c1-29-13-12-23-16-11-10-15(14-19(16)25(27)28)22(26)24-17-6-2-4-8-20(17)30-21-9-5-3-7-18(21)24/h2-11,14,23H,12-13H2,1H3. The minimum atomic E-state index is -0.486. The molecule has 7 nitrogen and oxygen atoms in total. The number of benzene rings is 3. The maximum Gasteiger partial charge on any atom is 0.293 e. The molecule has 30 heavy (non-hydrogen) atoms. The molecule has 1 aliphatic heterocycles. The van der Waals surface area contributed by atoms with Gasteiger partial charge in [0.05, 0.1) is 22.9 Å². The summed E-state index contributed by atoms with van der Waals surface area (Å²) in [5.74, 6) is -0.318. The number of amides is 1.